The molecule has 1 heterocycles. The average Bonchev–Trinajstić information content (AvgIpc) is 2.87. The highest BCUT2D eigenvalue weighted by atomic mass is 35.5. The molecule has 0 atom stereocenters. The first-order chi connectivity index (χ1) is 8.80. The molecule has 0 aromatic heterocycles. The van der Waals surface area contributed by atoms with Crippen LogP contribution in [0.5, 0.6) is 5.75 Å². The number of hydrogen-bond acceptors (Lipinski definition) is 3. The zero-order chi connectivity index (χ0) is 12.8. The first kappa shape index (κ1) is 13.7. The summed E-state index contributed by atoms with van der Waals surface area (Å²) < 4.78 is 17.0. The molecule has 3 nitrogen and oxygen atoms in total. The van der Waals surface area contributed by atoms with E-state index in [1.54, 1.807) is 0 Å². The number of ether oxygens (including phenoxy) is 3. The van der Waals surface area contributed by atoms with Crippen molar-refractivity contribution in [2.24, 2.45) is 0 Å². The zero-order valence-electron chi connectivity index (χ0n) is 10.7. The van der Waals surface area contributed by atoms with E-state index in [0.717, 1.165) is 24.3 Å². The molecule has 4 heteroatoms. The fraction of sp³-hybridized carbons (Fsp3) is 0.571. The third-order valence-electron chi connectivity index (χ3n) is 2.94. The first-order valence-corrected chi connectivity index (χ1v) is 6.91. The van der Waals surface area contributed by atoms with Crippen LogP contribution in [0.4, 0.5) is 0 Å². The normalized spacial score (nSPS) is 17.9. The van der Waals surface area contributed by atoms with E-state index in [9.17, 15) is 0 Å². The number of halogens is 1. The third kappa shape index (κ3) is 2.97. The maximum atomic E-state index is 5.84. The van der Waals surface area contributed by atoms with Gasteiger partial charge in [0.25, 0.3) is 0 Å². The SMILES string of the molecule is CCCOc1ccc(C2(CCCl)OCCO2)cc1. The van der Waals surface area contributed by atoms with Crippen molar-refractivity contribution >= 4 is 11.6 Å². The standard InChI is InChI=1S/C14H19ClO3/c1-2-9-16-13-5-3-12(4-6-13)14(7-8-15)17-10-11-18-14/h3-6H,2,7-11H2,1H3. The van der Waals surface area contributed by atoms with Gasteiger partial charge in [0.1, 0.15) is 5.75 Å². The Bertz CT molecular complexity index is 358. The fourth-order valence-electron chi connectivity index (χ4n) is 2.06. The average molecular weight is 271 g/mol. The Balaban J connectivity index is 2.11. The first-order valence-electron chi connectivity index (χ1n) is 6.38. The molecule has 0 saturated carbocycles. The Morgan fingerprint density at radius 3 is 2.44 bits per heavy atom. The van der Waals surface area contributed by atoms with Crippen LogP contribution < -0.4 is 4.74 Å². The van der Waals surface area contributed by atoms with E-state index in [0.29, 0.717) is 25.5 Å². The van der Waals surface area contributed by atoms with E-state index in [2.05, 4.69) is 6.92 Å². The maximum Gasteiger partial charge on any atom is 0.196 e. The Labute approximate surface area is 113 Å². The molecule has 100 valence electrons. The molecule has 2 rings (SSSR count). The number of alkyl halides is 1. The fourth-order valence-corrected chi connectivity index (χ4v) is 2.31. The number of rotatable bonds is 6. The quantitative estimate of drug-likeness (QED) is 0.743. The predicted molar refractivity (Wildman–Crippen MR) is 71.1 cm³/mol. The summed E-state index contributed by atoms with van der Waals surface area (Å²) in [5.41, 5.74) is 1.00. The van der Waals surface area contributed by atoms with Crippen molar-refractivity contribution in [2.75, 3.05) is 25.7 Å². The van der Waals surface area contributed by atoms with Crippen molar-refractivity contribution in [1.29, 1.82) is 0 Å². The van der Waals surface area contributed by atoms with Crippen LogP contribution in [0, 0.1) is 0 Å². The molecule has 1 aliphatic heterocycles. The van der Waals surface area contributed by atoms with Crippen molar-refractivity contribution in [1.82, 2.24) is 0 Å². The zero-order valence-corrected chi connectivity index (χ0v) is 11.4. The summed E-state index contributed by atoms with van der Waals surface area (Å²) >= 11 is 5.84. The molecule has 0 amide bonds. The Morgan fingerprint density at radius 2 is 1.89 bits per heavy atom. The second-order valence-corrected chi connectivity index (χ2v) is 4.64. The topological polar surface area (TPSA) is 27.7 Å². The molecule has 1 aromatic carbocycles. The van der Waals surface area contributed by atoms with E-state index in [1.807, 2.05) is 24.3 Å². The second kappa shape index (κ2) is 6.41. The highest BCUT2D eigenvalue weighted by Crippen LogP contribution is 2.35. The van der Waals surface area contributed by atoms with Crippen molar-refractivity contribution in [3.05, 3.63) is 29.8 Å². The molecule has 0 spiro atoms. The van der Waals surface area contributed by atoms with Crippen LogP contribution in [0.3, 0.4) is 0 Å². The smallest absolute Gasteiger partial charge is 0.196 e. The van der Waals surface area contributed by atoms with Gasteiger partial charge in [0, 0.05) is 17.9 Å². The molecule has 0 bridgehead atoms. The summed E-state index contributed by atoms with van der Waals surface area (Å²) in [6, 6.07) is 7.88. The molecule has 18 heavy (non-hydrogen) atoms. The van der Waals surface area contributed by atoms with Gasteiger partial charge in [-0.15, -0.1) is 11.6 Å². The van der Waals surface area contributed by atoms with Gasteiger partial charge in [-0.05, 0) is 30.7 Å². The third-order valence-corrected chi connectivity index (χ3v) is 3.13. The summed E-state index contributed by atoms with van der Waals surface area (Å²) in [6.45, 7) is 4.05. The minimum Gasteiger partial charge on any atom is -0.494 e. The van der Waals surface area contributed by atoms with Crippen LogP contribution in [0.25, 0.3) is 0 Å². The van der Waals surface area contributed by atoms with Gasteiger partial charge < -0.3 is 14.2 Å². The van der Waals surface area contributed by atoms with Gasteiger partial charge in [0.2, 0.25) is 0 Å². The molecule has 0 aliphatic carbocycles. The van der Waals surface area contributed by atoms with Crippen molar-refractivity contribution in [3.63, 3.8) is 0 Å². The lowest BCUT2D eigenvalue weighted by Crippen LogP contribution is -2.27. The highest BCUT2D eigenvalue weighted by molar-refractivity contribution is 6.17. The Kier molecular flexibility index (Phi) is 4.87. The molecule has 1 saturated heterocycles. The lowest BCUT2D eigenvalue weighted by atomic mass is 10.0. The van der Waals surface area contributed by atoms with Crippen LogP contribution in [0.1, 0.15) is 25.3 Å². The molecule has 1 fully saturated rings. The van der Waals surface area contributed by atoms with Crippen LogP contribution >= 0.6 is 11.6 Å². The molecular weight excluding hydrogens is 252 g/mol. The van der Waals surface area contributed by atoms with Gasteiger partial charge in [0.15, 0.2) is 5.79 Å². The van der Waals surface area contributed by atoms with Crippen molar-refractivity contribution < 1.29 is 14.2 Å². The monoisotopic (exact) mass is 270 g/mol. The van der Waals surface area contributed by atoms with E-state index >= 15 is 0 Å². The van der Waals surface area contributed by atoms with Gasteiger partial charge in [-0.2, -0.15) is 0 Å². The van der Waals surface area contributed by atoms with Gasteiger partial charge in [-0.25, -0.2) is 0 Å². The Morgan fingerprint density at radius 1 is 1.22 bits per heavy atom. The van der Waals surface area contributed by atoms with Gasteiger partial charge in [-0.1, -0.05) is 6.92 Å². The second-order valence-electron chi connectivity index (χ2n) is 4.26. The molecule has 0 unspecified atom stereocenters. The van der Waals surface area contributed by atoms with E-state index in [-0.39, 0.29) is 0 Å². The summed E-state index contributed by atoms with van der Waals surface area (Å²) in [6.07, 6.45) is 1.66. The number of hydrogen-bond donors (Lipinski definition) is 0. The van der Waals surface area contributed by atoms with E-state index in [1.165, 1.54) is 0 Å². The summed E-state index contributed by atoms with van der Waals surface area (Å²) in [7, 11) is 0. The van der Waals surface area contributed by atoms with Crippen LogP contribution in [0.15, 0.2) is 24.3 Å². The summed E-state index contributed by atoms with van der Waals surface area (Å²) in [4.78, 5) is 0. The maximum absolute atomic E-state index is 5.84. The van der Waals surface area contributed by atoms with E-state index in [4.69, 9.17) is 25.8 Å². The largest absolute Gasteiger partial charge is 0.494 e. The molecular formula is C14H19ClO3. The van der Waals surface area contributed by atoms with E-state index < -0.39 is 5.79 Å². The summed E-state index contributed by atoms with van der Waals surface area (Å²) in [5.74, 6) is 0.721. The predicted octanol–water partition coefficient (Wildman–Crippen LogP) is 3.30. The lowest BCUT2D eigenvalue weighted by molar-refractivity contribution is -0.166. The van der Waals surface area contributed by atoms with Crippen LogP contribution in [0.2, 0.25) is 0 Å². The molecule has 1 aliphatic rings. The van der Waals surface area contributed by atoms with Crippen molar-refractivity contribution in [3.8, 4) is 5.75 Å². The molecule has 0 radical (unpaired) electrons. The van der Waals surface area contributed by atoms with Crippen molar-refractivity contribution in [2.45, 2.75) is 25.6 Å². The van der Waals surface area contributed by atoms with Crippen LogP contribution in [-0.4, -0.2) is 25.7 Å². The van der Waals surface area contributed by atoms with Gasteiger partial charge in [-0.3, -0.25) is 0 Å². The number of benzene rings is 1. The molecule has 0 N–H and O–H groups in total. The Hall–Kier alpha value is -0.770. The van der Waals surface area contributed by atoms with Gasteiger partial charge >= 0.3 is 0 Å². The van der Waals surface area contributed by atoms with Crippen LogP contribution in [-0.2, 0) is 15.3 Å². The molecule has 1 aromatic rings. The minimum absolute atomic E-state index is 0.508. The highest BCUT2D eigenvalue weighted by Gasteiger charge is 2.37. The summed E-state index contributed by atoms with van der Waals surface area (Å²) in [5, 5.41) is 0. The van der Waals surface area contributed by atoms with Gasteiger partial charge in [0.05, 0.1) is 19.8 Å². The lowest BCUT2D eigenvalue weighted by Gasteiger charge is -2.27. The minimum atomic E-state index is -0.662.